The molecule has 1 aliphatic heterocycles. The smallest absolute Gasteiger partial charge is 0.407 e. The number of alkyl carbamates (subject to hydrolysis) is 1. The molecule has 0 fully saturated rings. The van der Waals surface area contributed by atoms with E-state index in [1.54, 1.807) is 18.2 Å². The van der Waals surface area contributed by atoms with Crippen molar-refractivity contribution in [3.8, 4) is 0 Å². The normalized spacial score (nSPS) is 14.4. The molecule has 0 bridgehead atoms. The zero-order chi connectivity index (χ0) is 42.1. The SMILES string of the molecule is CCCCCCCCOCCOCCOCCOCCOCCOC(=O)NCCOCCOCCOCCNS(=O)(=O)c1cccc([C@@H]2CN(C)Cc3ccccc32)c1. The minimum atomic E-state index is -3.69. The van der Waals surface area contributed by atoms with Crippen molar-refractivity contribution in [3.63, 3.8) is 0 Å². The third kappa shape index (κ3) is 23.7. The number of carbonyl (C=O) groups excluding carboxylic acids is 1. The van der Waals surface area contributed by atoms with Gasteiger partial charge in [0.05, 0.1) is 104 Å². The zero-order valence-corrected chi connectivity index (χ0v) is 36.4. The molecule has 59 heavy (non-hydrogen) atoms. The van der Waals surface area contributed by atoms with Gasteiger partial charge < -0.3 is 52.8 Å². The van der Waals surface area contributed by atoms with Gasteiger partial charge in [-0.15, -0.1) is 0 Å². The van der Waals surface area contributed by atoms with Gasteiger partial charge in [0.2, 0.25) is 10.0 Å². The van der Waals surface area contributed by atoms with Gasteiger partial charge in [-0.05, 0) is 42.3 Å². The molecule has 1 aliphatic rings. The lowest BCUT2D eigenvalue weighted by Crippen LogP contribution is -2.31. The van der Waals surface area contributed by atoms with Gasteiger partial charge in [0.25, 0.3) is 0 Å². The Morgan fingerprint density at radius 3 is 1.78 bits per heavy atom. The van der Waals surface area contributed by atoms with Gasteiger partial charge in [-0.3, -0.25) is 0 Å². The summed E-state index contributed by atoms with van der Waals surface area (Å²) in [6, 6.07) is 15.5. The van der Waals surface area contributed by atoms with Crippen molar-refractivity contribution < 1.29 is 55.8 Å². The fourth-order valence-corrected chi connectivity index (χ4v) is 7.34. The number of hydrogen-bond donors (Lipinski definition) is 2. The molecule has 2 N–H and O–H groups in total. The molecule has 1 heterocycles. The number of nitrogens with one attached hydrogen (secondary N) is 2. The summed E-state index contributed by atoms with van der Waals surface area (Å²) in [4.78, 5) is 14.3. The molecule has 0 aliphatic carbocycles. The van der Waals surface area contributed by atoms with Crippen molar-refractivity contribution >= 4 is 16.1 Å². The van der Waals surface area contributed by atoms with Gasteiger partial charge in [0.15, 0.2) is 0 Å². The second kappa shape index (κ2) is 33.0. The Labute approximate surface area is 353 Å². The van der Waals surface area contributed by atoms with Gasteiger partial charge in [-0.2, -0.15) is 0 Å². The van der Waals surface area contributed by atoms with Gasteiger partial charge in [-0.25, -0.2) is 17.9 Å². The molecule has 1 amide bonds. The maximum Gasteiger partial charge on any atom is 0.407 e. The highest BCUT2D eigenvalue weighted by molar-refractivity contribution is 7.89. The lowest BCUT2D eigenvalue weighted by molar-refractivity contribution is -0.0140. The average molecular weight is 854 g/mol. The van der Waals surface area contributed by atoms with Crippen molar-refractivity contribution in [1.82, 2.24) is 14.9 Å². The Kier molecular flexibility index (Phi) is 28.3. The Bertz CT molecular complexity index is 1470. The largest absolute Gasteiger partial charge is 0.447 e. The van der Waals surface area contributed by atoms with Gasteiger partial charge >= 0.3 is 6.09 Å². The van der Waals surface area contributed by atoms with Crippen molar-refractivity contribution in [1.29, 1.82) is 0 Å². The lowest BCUT2D eigenvalue weighted by atomic mass is 9.85. The standard InChI is InChI=1S/C43H71N3O12S/c1-3-4-5-6-7-10-18-50-21-24-53-27-28-55-29-30-56-31-32-57-33-34-58-43(47)44-16-19-51-22-25-54-26-23-52-20-17-45-59(48,49)40-14-11-13-38(35-40)42-37-46(2)36-39-12-8-9-15-41(39)42/h8-9,11-15,35,42,45H,3-7,10,16-34,36-37H2,1-2H3,(H,44,47)/t42-/m0/s1. The molecule has 1 atom stereocenters. The predicted octanol–water partition coefficient (Wildman–Crippen LogP) is 4.76. The molecule has 0 unspecified atom stereocenters. The topological polar surface area (TPSA) is 162 Å². The molecule has 15 nitrogen and oxygen atoms in total. The van der Waals surface area contributed by atoms with E-state index >= 15 is 0 Å². The van der Waals surface area contributed by atoms with Crippen molar-refractivity contribution in [2.75, 3.05) is 139 Å². The fourth-order valence-electron chi connectivity index (χ4n) is 6.28. The van der Waals surface area contributed by atoms with Crippen LogP contribution in [0.3, 0.4) is 0 Å². The highest BCUT2D eigenvalue weighted by atomic mass is 32.2. The van der Waals surface area contributed by atoms with E-state index in [-0.39, 0.29) is 37.2 Å². The van der Waals surface area contributed by atoms with E-state index in [9.17, 15) is 13.2 Å². The minimum absolute atomic E-state index is 0.105. The minimum Gasteiger partial charge on any atom is -0.447 e. The Balaban J connectivity index is 1.02. The number of carbonyl (C=O) groups is 1. The Hall–Kier alpha value is -2.74. The van der Waals surface area contributed by atoms with Crippen LogP contribution in [0.2, 0.25) is 0 Å². The van der Waals surface area contributed by atoms with E-state index in [1.807, 2.05) is 18.2 Å². The molecule has 2 aromatic rings. The number of amides is 1. The lowest BCUT2D eigenvalue weighted by Gasteiger charge is -2.32. The van der Waals surface area contributed by atoms with Crippen molar-refractivity contribution in [3.05, 3.63) is 65.2 Å². The summed E-state index contributed by atoms with van der Waals surface area (Å²) in [7, 11) is -1.61. The third-order valence-electron chi connectivity index (χ3n) is 9.33. The van der Waals surface area contributed by atoms with E-state index in [4.69, 9.17) is 42.6 Å². The Morgan fingerprint density at radius 1 is 0.627 bits per heavy atom. The second-order valence-electron chi connectivity index (χ2n) is 14.1. The molecule has 3 rings (SSSR count). The number of hydrogen-bond acceptors (Lipinski definition) is 13. The van der Waals surface area contributed by atoms with E-state index in [2.05, 4.69) is 41.0 Å². The van der Waals surface area contributed by atoms with Crippen LogP contribution in [0.15, 0.2) is 53.4 Å². The summed E-state index contributed by atoms with van der Waals surface area (Å²) in [6.07, 6.45) is 7.03. The van der Waals surface area contributed by atoms with E-state index in [1.165, 1.54) is 43.2 Å². The molecule has 0 radical (unpaired) electrons. The molecule has 0 saturated carbocycles. The number of sulfonamides is 1. The van der Waals surface area contributed by atoms with Crippen molar-refractivity contribution in [2.45, 2.75) is 62.8 Å². The molecule has 0 aromatic heterocycles. The number of rotatable bonds is 37. The molecule has 336 valence electrons. The number of unbranched alkanes of at least 4 members (excludes halogenated alkanes) is 5. The van der Waals surface area contributed by atoms with Crippen LogP contribution in [-0.4, -0.2) is 158 Å². The molecular weight excluding hydrogens is 783 g/mol. The summed E-state index contributed by atoms with van der Waals surface area (Å²) < 4.78 is 77.7. The molecular formula is C43H71N3O12S. The third-order valence-corrected chi connectivity index (χ3v) is 10.8. The average Bonchev–Trinajstić information content (AvgIpc) is 3.24. The maximum atomic E-state index is 13.0. The number of fused-ring (bicyclic) bond motifs is 1. The van der Waals surface area contributed by atoms with Gasteiger partial charge in [-0.1, -0.05) is 75.4 Å². The molecule has 0 spiro atoms. The van der Waals surface area contributed by atoms with Crippen LogP contribution in [0.5, 0.6) is 0 Å². The summed E-state index contributed by atoms with van der Waals surface area (Å²) in [5, 5.41) is 2.61. The molecule has 2 aromatic carbocycles. The van der Waals surface area contributed by atoms with Crippen LogP contribution < -0.4 is 10.0 Å². The number of likely N-dealkylation sites (N-methyl/N-ethyl adjacent to an activating group) is 1. The van der Waals surface area contributed by atoms with Crippen LogP contribution in [0.4, 0.5) is 4.79 Å². The van der Waals surface area contributed by atoms with E-state index < -0.39 is 16.1 Å². The zero-order valence-electron chi connectivity index (χ0n) is 35.5. The fraction of sp³-hybridized carbons (Fsp3) is 0.698. The summed E-state index contributed by atoms with van der Waals surface area (Å²) >= 11 is 0. The van der Waals surface area contributed by atoms with Crippen LogP contribution in [-0.2, 0) is 59.2 Å². The van der Waals surface area contributed by atoms with Gasteiger partial charge in [0, 0.05) is 38.7 Å². The first-order valence-electron chi connectivity index (χ1n) is 21.3. The molecule has 0 saturated heterocycles. The van der Waals surface area contributed by atoms with Crippen LogP contribution >= 0.6 is 0 Å². The summed E-state index contributed by atoms with van der Waals surface area (Å²) in [6.45, 7) is 11.5. The van der Waals surface area contributed by atoms with Crippen LogP contribution in [0.1, 0.15) is 68.1 Å². The van der Waals surface area contributed by atoms with Crippen LogP contribution in [0.25, 0.3) is 0 Å². The highest BCUT2D eigenvalue weighted by Crippen LogP contribution is 2.33. The van der Waals surface area contributed by atoms with E-state index in [0.717, 1.165) is 31.7 Å². The number of benzene rings is 2. The first-order valence-corrected chi connectivity index (χ1v) is 22.8. The second-order valence-corrected chi connectivity index (χ2v) is 15.9. The monoisotopic (exact) mass is 853 g/mol. The quantitative estimate of drug-likeness (QED) is 0.0897. The molecule has 16 heteroatoms. The van der Waals surface area contributed by atoms with E-state index in [0.29, 0.717) is 92.4 Å². The highest BCUT2D eigenvalue weighted by Gasteiger charge is 2.25. The maximum absolute atomic E-state index is 13.0. The summed E-state index contributed by atoms with van der Waals surface area (Å²) in [5.41, 5.74) is 3.49. The summed E-state index contributed by atoms with van der Waals surface area (Å²) in [5.74, 6) is 0.105. The Morgan fingerprint density at radius 2 is 1.15 bits per heavy atom. The predicted molar refractivity (Wildman–Crippen MR) is 226 cm³/mol. The van der Waals surface area contributed by atoms with Gasteiger partial charge in [0.1, 0.15) is 6.61 Å². The first kappa shape index (κ1) is 50.6. The number of nitrogens with zero attached hydrogens (tertiary/aromatic N) is 1. The first-order chi connectivity index (χ1) is 28.9. The van der Waals surface area contributed by atoms with Crippen molar-refractivity contribution in [2.24, 2.45) is 0 Å². The van der Waals surface area contributed by atoms with Crippen LogP contribution in [0, 0.1) is 0 Å². The number of ether oxygens (including phenoxy) is 9.